The number of carbonyl (C=O) groups excluding carboxylic acids is 2. The van der Waals surface area contributed by atoms with E-state index >= 15 is 0 Å². The number of nitrogens with one attached hydrogen (secondary N) is 2. The van der Waals surface area contributed by atoms with E-state index in [4.69, 9.17) is 4.74 Å². The highest BCUT2D eigenvalue weighted by Gasteiger charge is 2.13. The summed E-state index contributed by atoms with van der Waals surface area (Å²) >= 11 is 0. The molecule has 0 radical (unpaired) electrons. The Balaban J connectivity index is 2.57. The highest BCUT2D eigenvalue weighted by molar-refractivity contribution is 5.98. The third-order valence-electron chi connectivity index (χ3n) is 2.86. The van der Waals surface area contributed by atoms with E-state index in [1.165, 1.54) is 0 Å². The summed E-state index contributed by atoms with van der Waals surface area (Å²) in [5.41, 5.74) is 0.436. The van der Waals surface area contributed by atoms with Gasteiger partial charge >= 0.3 is 0 Å². The second-order valence-corrected chi connectivity index (χ2v) is 4.49. The van der Waals surface area contributed by atoms with Crippen molar-refractivity contribution >= 4 is 11.8 Å². The fourth-order valence-corrected chi connectivity index (χ4v) is 1.62. The van der Waals surface area contributed by atoms with Crippen molar-refractivity contribution in [1.29, 1.82) is 0 Å². The number of para-hydroxylation sites is 1. The Labute approximate surface area is 119 Å². The molecule has 5 nitrogen and oxygen atoms in total. The number of hydrogen-bond acceptors (Lipinski definition) is 3. The molecule has 0 saturated carbocycles. The van der Waals surface area contributed by atoms with Crippen LogP contribution >= 0.6 is 0 Å². The van der Waals surface area contributed by atoms with Gasteiger partial charge in [0.15, 0.2) is 0 Å². The quantitative estimate of drug-likeness (QED) is 0.798. The maximum Gasteiger partial charge on any atom is 0.255 e. The number of ether oxygens (including phenoxy) is 1. The second-order valence-electron chi connectivity index (χ2n) is 4.49. The van der Waals surface area contributed by atoms with Crippen molar-refractivity contribution < 1.29 is 14.3 Å². The number of rotatable bonds is 7. The summed E-state index contributed by atoms with van der Waals surface area (Å²) in [6, 6.07) is 7.08. The van der Waals surface area contributed by atoms with Gasteiger partial charge in [-0.05, 0) is 32.4 Å². The molecule has 1 atom stereocenters. The van der Waals surface area contributed by atoms with Crippen LogP contribution in [0.2, 0.25) is 0 Å². The molecule has 1 unspecified atom stereocenters. The van der Waals surface area contributed by atoms with Crippen LogP contribution < -0.4 is 15.4 Å². The van der Waals surface area contributed by atoms with Gasteiger partial charge in [-0.2, -0.15) is 0 Å². The van der Waals surface area contributed by atoms with Gasteiger partial charge in [-0.15, -0.1) is 0 Å². The zero-order valence-corrected chi connectivity index (χ0v) is 12.2. The Kier molecular flexibility index (Phi) is 6.56. The van der Waals surface area contributed by atoms with Gasteiger partial charge in [0.1, 0.15) is 5.75 Å². The van der Waals surface area contributed by atoms with Crippen LogP contribution in [0, 0.1) is 0 Å². The SMILES string of the molecule is CCOc1ccccc1C(=O)NCC(=O)NC(C)CC. The molecule has 2 amide bonds. The molecule has 0 heterocycles. The van der Waals surface area contributed by atoms with Crippen molar-refractivity contribution in [2.75, 3.05) is 13.2 Å². The molecule has 0 fully saturated rings. The summed E-state index contributed by atoms with van der Waals surface area (Å²) in [6.07, 6.45) is 0.854. The van der Waals surface area contributed by atoms with Crippen LogP contribution in [-0.2, 0) is 4.79 Å². The predicted octanol–water partition coefficient (Wildman–Crippen LogP) is 1.73. The molecule has 2 N–H and O–H groups in total. The third-order valence-corrected chi connectivity index (χ3v) is 2.86. The Morgan fingerprint density at radius 1 is 1.25 bits per heavy atom. The Bertz CT molecular complexity index is 460. The van der Waals surface area contributed by atoms with Crippen LogP contribution in [0.5, 0.6) is 5.75 Å². The predicted molar refractivity (Wildman–Crippen MR) is 77.8 cm³/mol. The zero-order valence-electron chi connectivity index (χ0n) is 12.2. The zero-order chi connectivity index (χ0) is 15.0. The lowest BCUT2D eigenvalue weighted by atomic mass is 10.2. The number of carbonyl (C=O) groups is 2. The summed E-state index contributed by atoms with van der Waals surface area (Å²) in [5, 5.41) is 5.39. The van der Waals surface area contributed by atoms with Gasteiger partial charge in [0, 0.05) is 6.04 Å². The molecule has 0 aromatic heterocycles. The first-order valence-corrected chi connectivity index (χ1v) is 6.87. The van der Waals surface area contributed by atoms with E-state index in [-0.39, 0.29) is 24.4 Å². The van der Waals surface area contributed by atoms with Crippen molar-refractivity contribution in [3.63, 3.8) is 0 Å². The van der Waals surface area contributed by atoms with E-state index in [1.54, 1.807) is 24.3 Å². The smallest absolute Gasteiger partial charge is 0.255 e. The summed E-state index contributed by atoms with van der Waals surface area (Å²) in [6.45, 7) is 6.21. The van der Waals surface area contributed by atoms with Gasteiger partial charge in [0.2, 0.25) is 5.91 Å². The van der Waals surface area contributed by atoms with Crippen molar-refractivity contribution in [2.45, 2.75) is 33.2 Å². The van der Waals surface area contributed by atoms with Gasteiger partial charge in [-0.1, -0.05) is 19.1 Å². The molecule has 5 heteroatoms. The van der Waals surface area contributed by atoms with Gasteiger partial charge in [0.25, 0.3) is 5.91 Å². The summed E-state index contributed by atoms with van der Waals surface area (Å²) < 4.78 is 5.39. The molecule has 0 bridgehead atoms. The molecule has 0 spiro atoms. The molecule has 1 aromatic carbocycles. The first-order valence-electron chi connectivity index (χ1n) is 6.87. The van der Waals surface area contributed by atoms with Crippen LogP contribution in [-0.4, -0.2) is 31.0 Å². The second kappa shape index (κ2) is 8.19. The van der Waals surface area contributed by atoms with E-state index in [0.29, 0.717) is 17.9 Å². The van der Waals surface area contributed by atoms with E-state index in [1.807, 2.05) is 20.8 Å². The molecule has 1 rings (SSSR count). The van der Waals surface area contributed by atoms with Gasteiger partial charge in [0.05, 0.1) is 18.7 Å². The van der Waals surface area contributed by atoms with Crippen molar-refractivity contribution in [3.05, 3.63) is 29.8 Å². The Hall–Kier alpha value is -2.04. The van der Waals surface area contributed by atoms with Crippen LogP contribution in [0.3, 0.4) is 0 Å². The topological polar surface area (TPSA) is 67.4 Å². The lowest BCUT2D eigenvalue weighted by molar-refractivity contribution is -0.120. The molecule has 110 valence electrons. The minimum atomic E-state index is -0.312. The normalized spacial score (nSPS) is 11.6. The van der Waals surface area contributed by atoms with Gasteiger partial charge < -0.3 is 15.4 Å². The van der Waals surface area contributed by atoms with Crippen LogP contribution in [0.25, 0.3) is 0 Å². The molecular formula is C15H22N2O3. The van der Waals surface area contributed by atoms with Crippen molar-refractivity contribution in [2.24, 2.45) is 0 Å². The minimum Gasteiger partial charge on any atom is -0.493 e. The summed E-state index contributed by atoms with van der Waals surface area (Å²) in [4.78, 5) is 23.6. The van der Waals surface area contributed by atoms with Crippen LogP contribution in [0.15, 0.2) is 24.3 Å². The van der Waals surface area contributed by atoms with E-state index in [0.717, 1.165) is 6.42 Å². The lowest BCUT2D eigenvalue weighted by Gasteiger charge is -2.13. The van der Waals surface area contributed by atoms with E-state index in [2.05, 4.69) is 10.6 Å². The van der Waals surface area contributed by atoms with Crippen LogP contribution in [0.4, 0.5) is 0 Å². The molecule has 0 aliphatic heterocycles. The standard InChI is InChI=1S/C15H22N2O3/c1-4-11(3)17-14(18)10-16-15(19)12-8-6-7-9-13(12)20-5-2/h6-9,11H,4-5,10H2,1-3H3,(H,16,19)(H,17,18). The molecule has 0 aliphatic rings. The first-order chi connectivity index (χ1) is 9.58. The minimum absolute atomic E-state index is 0.0381. The largest absolute Gasteiger partial charge is 0.493 e. The maximum atomic E-state index is 12.0. The summed E-state index contributed by atoms with van der Waals surface area (Å²) in [5.74, 6) is 0.0183. The van der Waals surface area contributed by atoms with Crippen molar-refractivity contribution in [3.8, 4) is 5.75 Å². The summed E-state index contributed by atoms with van der Waals surface area (Å²) in [7, 11) is 0. The van der Waals surface area contributed by atoms with Crippen LogP contribution in [0.1, 0.15) is 37.6 Å². The fraction of sp³-hybridized carbons (Fsp3) is 0.467. The van der Waals surface area contributed by atoms with Gasteiger partial charge in [-0.3, -0.25) is 9.59 Å². The molecule has 0 aliphatic carbocycles. The monoisotopic (exact) mass is 278 g/mol. The first kappa shape index (κ1) is 16.0. The lowest BCUT2D eigenvalue weighted by Crippen LogP contribution is -2.40. The van der Waals surface area contributed by atoms with E-state index < -0.39 is 0 Å². The number of benzene rings is 1. The molecule has 1 aromatic rings. The average Bonchev–Trinajstić information content (AvgIpc) is 2.45. The fourth-order valence-electron chi connectivity index (χ4n) is 1.62. The Morgan fingerprint density at radius 3 is 2.60 bits per heavy atom. The highest BCUT2D eigenvalue weighted by Crippen LogP contribution is 2.17. The molecule has 20 heavy (non-hydrogen) atoms. The maximum absolute atomic E-state index is 12.0. The van der Waals surface area contributed by atoms with E-state index in [9.17, 15) is 9.59 Å². The Morgan fingerprint density at radius 2 is 1.95 bits per heavy atom. The highest BCUT2D eigenvalue weighted by atomic mass is 16.5. The average molecular weight is 278 g/mol. The van der Waals surface area contributed by atoms with Crippen molar-refractivity contribution in [1.82, 2.24) is 10.6 Å². The molecule has 0 saturated heterocycles. The molecular weight excluding hydrogens is 256 g/mol. The number of amides is 2. The van der Waals surface area contributed by atoms with Gasteiger partial charge in [-0.25, -0.2) is 0 Å². The third kappa shape index (κ3) is 4.91. The number of hydrogen-bond donors (Lipinski definition) is 2.